The maximum atomic E-state index is 5.25. The summed E-state index contributed by atoms with van der Waals surface area (Å²) in [6, 6.07) is 5.91. The fraction of sp³-hybridized carbons (Fsp3) is 0.647. The number of aromatic nitrogens is 1. The van der Waals surface area contributed by atoms with Gasteiger partial charge < -0.3 is 15.4 Å². The third-order valence-corrected chi connectivity index (χ3v) is 4.35. The van der Waals surface area contributed by atoms with Gasteiger partial charge in [0.15, 0.2) is 5.96 Å². The first-order chi connectivity index (χ1) is 10.8. The molecule has 0 atom stereocenters. The number of rotatable bonds is 8. The van der Waals surface area contributed by atoms with E-state index in [9.17, 15) is 0 Å². The maximum absolute atomic E-state index is 5.25. The number of halogens is 1. The first kappa shape index (κ1) is 20.2. The minimum atomic E-state index is 0. The summed E-state index contributed by atoms with van der Waals surface area (Å²) in [4.78, 5) is 8.93. The number of ether oxygens (including phenoxy) is 1. The molecule has 0 unspecified atom stereocenters. The van der Waals surface area contributed by atoms with Gasteiger partial charge in [0.2, 0.25) is 0 Å². The summed E-state index contributed by atoms with van der Waals surface area (Å²) in [6.45, 7) is 5.34. The van der Waals surface area contributed by atoms with Gasteiger partial charge in [-0.15, -0.1) is 24.0 Å². The van der Waals surface area contributed by atoms with Crippen molar-refractivity contribution in [1.82, 2.24) is 15.6 Å². The molecule has 1 aromatic rings. The van der Waals surface area contributed by atoms with Gasteiger partial charge in [-0.25, -0.2) is 4.99 Å². The Bertz CT molecular complexity index is 463. The van der Waals surface area contributed by atoms with Gasteiger partial charge in [-0.3, -0.25) is 4.98 Å². The molecule has 0 radical (unpaired) electrons. The van der Waals surface area contributed by atoms with Crippen LogP contribution in [0.1, 0.15) is 38.3 Å². The summed E-state index contributed by atoms with van der Waals surface area (Å²) >= 11 is 0. The van der Waals surface area contributed by atoms with Crippen molar-refractivity contribution in [2.75, 3.05) is 26.8 Å². The zero-order valence-electron chi connectivity index (χ0n) is 14.2. The number of hydrogen-bond donors (Lipinski definition) is 2. The molecule has 0 spiro atoms. The largest absolute Gasteiger partial charge is 0.385 e. The van der Waals surface area contributed by atoms with E-state index in [0.717, 1.165) is 37.8 Å². The monoisotopic (exact) mass is 432 g/mol. The Labute approximate surface area is 156 Å². The topological polar surface area (TPSA) is 58.5 Å². The minimum Gasteiger partial charge on any atom is -0.385 e. The molecule has 5 nitrogen and oxygen atoms in total. The molecule has 1 fully saturated rings. The lowest BCUT2D eigenvalue weighted by Gasteiger charge is -2.42. The highest BCUT2D eigenvalue weighted by atomic mass is 127. The van der Waals surface area contributed by atoms with E-state index in [1.165, 1.54) is 19.3 Å². The molecular formula is C17H29IN4O. The highest BCUT2D eigenvalue weighted by molar-refractivity contribution is 14.0. The predicted molar refractivity (Wildman–Crippen MR) is 105 cm³/mol. The van der Waals surface area contributed by atoms with Gasteiger partial charge in [-0.2, -0.15) is 0 Å². The van der Waals surface area contributed by atoms with E-state index in [4.69, 9.17) is 4.74 Å². The summed E-state index contributed by atoms with van der Waals surface area (Å²) in [5, 5.41) is 6.81. The minimum absolute atomic E-state index is 0. The van der Waals surface area contributed by atoms with E-state index >= 15 is 0 Å². The molecule has 0 saturated heterocycles. The van der Waals surface area contributed by atoms with Crippen molar-refractivity contribution >= 4 is 29.9 Å². The van der Waals surface area contributed by atoms with Gasteiger partial charge in [0.05, 0.1) is 12.2 Å². The fourth-order valence-corrected chi connectivity index (χ4v) is 2.78. The van der Waals surface area contributed by atoms with Crippen molar-refractivity contribution in [3.8, 4) is 0 Å². The van der Waals surface area contributed by atoms with Crippen LogP contribution in [0.3, 0.4) is 0 Å². The molecule has 0 aromatic carbocycles. The molecular weight excluding hydrogens is 403 g/mol. The maximum Gasteiger partial charge on any atom is 0.191 e. The van der Waals surface area contributed by atoms with E-state index in [0.29, 0.717) is 12.0 Å². The quantitative estimate of drug-likeness (QED) is 0.377. The molecule has 1 heterocycles. The molecule has 0 bridgehead atoms. The molecule has 1 aliphatic carbocycles. The average Bonchev–Trinajstić information content (AvgIpc) is 2.52. The van der Waals surface area contributed by atoms with Crippen LogP contribution in [0.15, 0.2) is 29.4 Å². The molecule has 2 N–H and O–H groups in total. The second-order valence-electron chi connectivity index (χ2n) is 5.97. The van der Waals surface area contributed by atoms with Crippen molar-refractivity contribution in [3.05, 3.63) is 30.1 Å². The van der Waals surface area contributed by atoms with Crippen LogP contribution in [-0.4, -0.2) is 37.7 Å². The third kappa shape index (κ3) is 6.63. The summed E-state index contributed by atoms with van der Waals surface area (Å²) in [7, 11) is 1.78. The van der Waals surface area contributed by atoms with Crippen molar-refractivity contribution in [1.29, 1.82) is 0 Å². The molecule has 23 heavy (non-hydrogen) atoms. The summed E-state index contributed by atoms with van der Waals surface area (Å²) in [6.07, 6.45) is 6.81. The number of guanidine groups is 1. The molecule has 2 rings (SSSR count). The molecule has 1 aromatic heterocycles. The summed E-state index contributed by atoms with van der Waals surface area (Å²) in [5.41, 5.74) is 1.37. The van der Waals surface area contributed by atoms with Crippen molar-refractivity contribution in [2.45, 2.75) is 39.2 Å². The molecule has 1 aliphatic rings. The highest BCUT2D eigenvalue weighted by Crippen LogP contribution is 2.43. The average molecular weight is 432 g/mol. The van der Waals surface area contributed by atoms with Gasteiger partial charge in [-0.1, -0.05) is 12.5 Å². The number of methoxy groups -OCH3 is 1. The van der Waals surface area contributed by atoms with Crippen LogP contribution in [0.5, 0.6) is 0 Å². The van der Waals surface area contributed by atoms with Gasteiger partial charge in [0, 0.05) is 33.0 Å². The SMILES string of the molecule is CCNC(=NCc1ccccn1)NCC1(CCOC)CCC1.I. The lowest BCUT2D eigenvalue weighted by molar-refractivity contribution is 0.0732. The lowest BCUT2D eigenvalue weighted by atomic mass is 9.67. The standard InChI is InChI=1S/C17H28N4O.HI/c1-3-18-16(20-13-15-7-4-5-11-19-15)21-14-17(8-6-9-17)10-12-22-2;/h4-5,7,11H,3,6,8-10,12-14H2,1-2H3,(H2,18,20,21);1H. The van der Waals surface area contributed by atoms with Crippen molar-refractivity contribution in [2.24, 2.45) is 10.4 Å². The fourth-order valence-electron chi connectivity index (χ4n) is 2.78. The van der Waals surface area contributed by atoms with Crippen LogP contribution in [0.2, 0.25) is 0 Å². The second kappa shape index (κ2) is 10.8. The van der Waals surface area contributed by atoms with E-state index < -0.39 is 0 Å². The van der Waals surface area contributed by atoms with Crippen molar-refractivity contribution < 1.29 is 4.74 Å². The van der Waals surface area contributed by atoms with Gasteiger partial charge in [-0.05, 0) is 43.7 Å². The summed E-state index contributed by atoms with van der Waals surface area (Å²) in [5.74, 6) is 0.872. The predicted octanol–water partition coefficient (Wildman–Crippen LogP) is 2.96. The Morgan fingerprint density at radius 2 is 2.17 bits per heavy atom. The third-order valence-electron chi connectivity index (χ3n) is 4.35. The number of nitrogens with one attached hydrogen (secondary N) is 2. The van der Waals surface area contributed by atoms with Crippen LogP contribution in [0, 0.1) is 5.41 Å². The smallest absolute Gasteiger partial charge is 0.191 e. The highest BCUT2D eigenvalue weighted by Gasteiger charge is 2.36. The zero-order valence-corrected chi connectivity index (χ0v) is 16.5. The van der Waals surface area contributed by atoms with Crippen LogP contribution < -0.4 is 10.6 Å². The number of aliphatic imine (C=N–C) groups is 1. The Balaban J connectivity index is 0.00000264. The Morgan fingerprint density at radius 1 is 1.35 bits per heavy atom. The molecule has 1 saturated carbocycles. The Kier molecular flexibility index (Phi) is 9.47. The van der Waals surface area contributed by atoms with Gasteiger partial charge in [0.1, 0.15) is 0 Å². The summed E-state index contributed by atoms with van der Waals surface area (Å²) < 4.78 is 5.25. The van der Waals surface area contributed by atoms with Crippen molar-refractivity contribution in [3.63, 3.8) is 0 Å². The van der Waals surface area contributed by atoms with Crippen LogP contribution in [-0.2, 0) is 11.3 Å². The van der Waals surface area contributed by atoms with Crippen LogP contribution in [0.4, 0.5) is 0 Å². The van der Waals surface area contributed by atoms with E-state index in [-0.39, 0.29) is 24.0 Å². The zero-order chi connectivity index (χ0) is 15.7. The molecule has 0 aliphatic heterocycles. The Morgan fingerprint density at radius 3 is 2.74 bits per heavy atom. The molecule has 130 valence electrons. The lowest BCUT2D eigenvalue weighted by Crippen LogP contribution is -2.47. The van der Waals surface area contributed by atoms with E-state index in [1.807, 2.05) is 18.2 Å². The van der Waals surface area contributed by atoms with Gasteiger partial charge >= 0.3 is 0 Å². The van der Waals surface area contributed by atoms with E-state index in [1.54, 1.807) is 13.3 Å². The number of nitrogens with zero attached hydrogens (tertiary/aromatic N) is 2. The number of hydrogen-bond acceptors (Lipinski definition) is 3. The molecule has 0 amide bonds. The van der Waals surface area contributed by atoms with Crippen LogP contribution in [0.25, 0.3) is 0 Å². The number of pyridine rings is 1. The molecule has 6 heteroatoms. The van der Waals surface area contributed by atoms with E-state index in [2.05, 4.69) is 27.5 Å². The first-order valence-corrected chi connectivity index (χ1v) is 8.19. The second-order valence-corrected chi connectivity index (χ2v) is 5.97. The Hall–Kier alpha value is -0.890. The first-order valence-electron chi connectivity index (χ1n) is 8.19. The normalized spacial score (nSPS) is 16.2. The van der Waals surface area contributed by atoms with Crippen LogP contribution >= 0.6 is 24.0 Å². The van der Waals surface area contributed by atoms with Gasteiger partial charge in [0.25, 0.3) is 0 Å².